The molecule has 0 bridgehead atoms. The van der Waals surface area contributed by atoms with Crippen molar-refractivity contribution in [1.29, 1.82) is 0 Å². The maximum Gasteiger partial charge on any atom is 0.304 e. The number of hydrogen-bond donors (Lipinski definition) is 2. The summed E-state index contributed by atoms with van der Waals surface area (Å²) < 4.78 is 0. The summed E-state index contributed by atoms with van der Waals surface area (Å²) in [7, 11) is 0. The summed E-state index contributed by atoms with van der Waals surface area (Å²) >= 11 is 0. The Morgan fingerprint density at radius 3 is 2.11 bits per heavy atom. The summed E-state index contributed by atoms with van der Waals surface area (Å²) in [6.07, 6.45) is 2.33. The number of aliphatic carboxylic acids is 1. The second-order valence-electron chi connectivity index (χ2n) is 7.29. The second kappa shape index (κ2) is 5.80. The maximum atomic E-state index is 10.6. The van der Waals surface area contributed by atoms with Gasteiger partial charge in [-0.15, -0.1) is 0 Å². The van der Waals surface area contributed by atoms with Crippen molar-refractivity contribution in [2.75, 3.05) is 6.54 Å². The van der Waals surface area contributed by atoms with Gasteiger partial charge in [-0.3, -0.25) is 9.69 Å². The van der Waals surface area contributed by atoms with Crippen LogP contribution in [0.1, 0.15) is 60.8 Å². The first-order valence-electron chi connectivity index (χ1n) is 7.31. The van der Waals surface area contributed by atoms with E-state index in [1.807, 2.05) is 0 Å². The average Bonchev–Trinajstić information content (AvgIpc) is 2.10. The molecule has 1 aliphatic heterocycles. The molecule has 0 atom stereocenters. The highest BCUT2D eigenvalue weighted by atomic mass is 16.4. The molecule has 0 aliphatic carbocycles. The van der Waals surface area contributed by atoms with Crippen molar-refractivity contribution in [3.63, 3.8) is 0 Å². The maximum absolute atomic E-state index is 10.6. The van der Waals surface area contributed by atoms with Crippen LogP contribution < -0.4 is 5.32 Å². The molecule has 1 fully saturated rings. The van der Waals surface area contributed by atoms with E-state index in [1.165, 1.54) is 0 Å². The van der Waals surface area contributed by atoms with Gasteiger partial charge in [0.05, 0.1) is 6.42 Å². The molecule has 1 aliphatic rings. The molecule has 1 heterocycles. The number of rotatable bonds is 5. The molecule has 19 heavy (non-hydrogen) atoms. The van der Waals surface area contributed by atoms with E-state index in [0.717, 1.165) is 12.8 Å². The topological polar surface area (TPSA) is 52.6 Å². The van der Waals surface area contributed by atoms with E-state index in [4.69, 9.17) is 5.11 Å². The van der Waals surface area contributed by atoms with Crippen LogP contribution in [-0.4, -0.2) is 45.7 Å². The lowest BCUT2D eigenvalue weighted by atomic mass is 9.76. The molecule has 0 aromatic rings. The van der Waals surface area contributed by atoms with E-state index in [0.29, 0.717) is 18.6 Å². The van der Waals surface area contributed by atoms with Gasteiger partial charge >= 0.3 is 5.97 Å². The Kier molecular flexibility index (Phi) is 5.02. The van der Waals surface area contributed by atoms with Gasteiger partial charge in [-0.2, -0.15) is 0 Å². The zero-order valence-electron chi connectivity index (χ0n) is 13.3. The molecule has 112 valence electrons. The first-order chi connectivity index (χ1) is 8.56. The highest BCUT2D eigenvalue weighted by Crippen LogP contribution is 2.39. The van der Waals surface area contributed by atoms with E-state index in [1.54, 1.807) is 0 Å². The molecule has 4 nitrogen and oxygen atoms in total. The van der Waals surface area contributed by atoms with E-state index in [2.05, 4.69) is 51.8 Å². The Bertz CT molecular complexity index is 306. The zero-order valence-corrected chi connectivity index (χ0v) is 13.3. The van der Waals surface area contributed by atoms with E-state index >= 15 is 0 Å². The van der Waals surface area contributed by atoms with Crippen molar-refractivity contribution < 1.29 is 9.90 Å². The fourth-order valence-corrected chi connectivity index (χ4v) is 4.22. The minimum atomic E-state index is -0.731. The van der Waals surface area contributed by atoms with Crippen molar-refractivity contribution in [3.8, 4) is 0 Å². The number of carbonyl (C=O) groups is 1. The van der Waals surface area contributed by atoms with Crippen LogP contribution >= 0.6 is 0 Å². The first kappa shape index (κ1) is 16.4. The van der Waals surface area contributed by atoms with Crippen molar-refractivity contribution >= 4 is 5.97 Å². The molecule has 0 aromatic carbocycles. The quantitative estimate of drug-likeness (QED) is 0.806. The monoisotopic (exact) mass is 270 g/mol. The molecule has 4 heteroatoms. The van der Waals surface area contributed by atoms with Crippen LogP contribution in [0, 0.1) is 0 Å². The number of piperidine rings is 1. The molecule has 0 spiro atoms. The standard InChI is InChI=1S/C15H30N2O2/c1-11(2)17-14(3,4)9-12(10-15(17,5)6)16-8-7-13(18)19/h11-12,16H,7-10H2,1-6H3,(H,18,19). The Balaban J connectivity index is 2.70. The normalized spacial score (nSPS) is 23.7. The predicted molar refractivity (Wildman–Crippen MR) is 78.4 cm³/mol. The van der Waals surface area contributed by atoms with Crippen molar-refractivity contribution in [1.82, 2.24) is 10.2 Å². The summed E-state index contributed by atoms with van der Waals surface area (Å²) in [5.41, 5.74) is 0.271. The minimum Gasteiger partial charge on any atom is -0.481 e. The molecular formula is C15H30N2O2. The van der Waals surface area contributed by atoms with E-state index in [9.17, 15) is 4.79 Å². The number of nitrogens with one attached hydrogen (secondary N) is 1. The van der Waals surface area contributed by atoms with Crippen LogP contribution in [0.15, 0.2) is 0 Å². The third-order valence-electron chi connectivity index (χ3n) is 4.08. The largest absolute Gasteiger partial charge is 0.481 e. The van der Waals surface area contributed by atoms with Crippen molar-refractivity contribution in [2.24, 2.45) is 0 Å². The molecule has 0 aromatic heterocycles. The summed E-state index contributed by atoms with van der Waals surface area (Å²) in [4.78, 5) is 13.2. The summed E-state index contributed by atoms with van der Waals surface area (Å²) in [6, 6.07) is 0.921. The van der Waals surface area contributed by atoms with Gasteiger partial charge in [0, 0.05) is 29.7 Å². The fourth-order valence-electron chi connectivity index (χ4n) is 4.22. The van der Waals surface area contributed by atoms with Crippen molar-refractivity contribution in [2.45, 2.75) is 84.0 Å². The van der Waals surface area contributed by atoms with Gasteiger partial charge in [-0.05, 0) is 54.4 Å². The van der Waals surface area contributed by atoms with Gasteiger partial charge in [-0.1, -0.05) is 0 Å². The van der Waals surface area contributed by atoms with Crippen LogP contribution in [0.4, 0.5) is 0 Å². The summed E-state index contributed by atoms with van der Waals surface area (Å²) in [5, 5.41) is 12.1. The first-order valence-corrected chi connectivity index (χ1v) is 7.31. The minimum absolute atomic E-state index is 0.136. The number of carboxylic acid groups (broad SMARTS) is 1. The molecule has 0 unspecified atom stereocenters. The average molecular weight is 270 g/mol. The van der Waals surface area contributed by atoms with E-state index < -0.39 is 5.97 Å². The molecule has 1 rings (SSSR count). The Morgan fingerprint density at radius 1 is 1.26 bits per heavy atom. The third-order valence-corrected chi connectivity index (χ3v) is 4.08. The van der Waals surface area contributed by atoms with Gasteiger partial charge in [0.25, 0.3) is 0 Å². The number of carboxylic acids is 1. The lowest BCUT2D eigenvalue weighted by Crippen LogP contribution is -2.65. The number of hydrogen-bond acceptors (Lipinski definition) is 3. The predicted octanol–water partition coefficient (Wildman–Crippen LogP) is 2.48. The van der Waals surface area contributed by atoms with Gasteiger partial charge in [0.15, 0.2) is 0 Å². The Morgan fingerprint density at radius 2 is 1.74 bits per heavy atom. The molecule has 2 N–H and O–H groups in total. The van der Waals surface area contributed by atoms with Gasteiger partial charge < -0.3 is 10.4 Å². The fraction of sp³-hybridized carbons (Fsp3) is 0.933. The summed E-state index contributed by atoms with van der Waals surface area (Å²) in [6.45, 7) is 14.2. The van der Waals surface area contributed by atoms with Gasteiger partial charge in [0.2, 0.25) is 0 Å². The van der Waals surface area contributed by atoms with Gasteiger partial charge in [-0.25, -0.2) is 0 Å². The van der Waals surface area contributed by atoms with E-state index in [-0.39, 0.29) is 17.5 Å². The SMILES string of the molecule is CC(C)N1C(C)(C)CC(NCCC(=O)O)CC1(C)C. The lowest BCUT2D eigenvalue weighted by Gasteiger charge is -2.57. The van der Waals surface area contributed by atoms with Crippen LogP contribution in [0.3, 0.4) is 0 Å². The van der Waals surface area contributed by atoms with Crippen LogP contribution in [-0.2, 0) is 4.79 Å². The zero-order chi connectivity index (χ0) is 14.8. The van der Waals surface area contributed by atoms with Crippen LogP contribution in [0.5, 0.6) is 0 Å². The van der Waals surface area contributed by atoms with Crippen molar-refractivity contribution in [3.05, 3.63) is 0 Å². The molecule has 0 saturated carbocycles. The molecule has 1 saturated heterocycles. The molecular weight excluding hydrogens is 240 g/mol. The second-order valence-corrected chi connectivity index (χ2v) is 7.29. The smallest absolute Gasteiger partial charge is 0.304 e. The Labute approximate surface area is 117 Å². The number of likely N-dealkylation sites (tertiary alicyclic amines) is 1. The number of nitrogens with zero attached hydrogens (tertiary/aromatic N) is 1. The molecule has 0 radical (unpaired) electrons. The third kappa shape index (κ3) is 4.18. The Hall–Kier alpha value is -0.610. The molecule has 0 amide bonds. The lowest BCUT2D eigenvalue weighted by molar-refractivity contribution is -0.136. The summed E-state index contributed by atoms with van der Waals surface area (Å²) in [5.74, 6) is -0.731. The van der Waals surface area contributed by atoms with Gasteiger partial charge in [0.1, 0.15) is 0 Å². The highest BCUT2D eigenvalue weighted by molar-refractivity contribution is 5.66. The highest BCUT2D eigenvalue weighted by Gasteiger charge is 2.46. The van der Waals surface area contributed by atoms with Crippen LogP contribution in [0.2, 0.25) is 0 Å². The van der Waals surface area contributed by atoms with Crippen LogP contribution in [0.25, 0.3) is 0 Å².